The van der Waals surface area contributed by atoms with E-state index in [-0.39, 0.29) is 6.07 Å². The average molecular weight is 290 g/mol. The number of carbonyl (C=O) groups is 2. The van der Waals surface area contributed by atoms with Crippen molar-refractivity contribution in [3.63, 3.8) is 0 Å². The normalized spacial score (nSPS) is 11.7. The number of nitro benzene ring substituents is 1. The van der Waals surface area contributed by atoms with E-state index < -0.39 is 52.3 Å². The van der Waals surface area contributed by atoms with Gasteiger partial charge in [0.15, 0.2) is 0 Å². The Morgan fingerprint density at radius 3 is 2.40 bits per heavy atom. The number of carboxylic acid groups (broad SMARTS) is 2. The van der Waals surface area contributed by atoms with Crippen molar-refractivity contribution in [3.05, 3.63) is 33.9 Å². The molecular formula is C10H8F2N2O6. The lowest BCUT2D eigenvalue weighted by Crippen LogP contribution is -2.32. The Morgan fingerprint density at radius 1 is 1.35 bits per heavy atom. The number of hydrogen-bond acceptors (Lipinski definition) is 5. The van der Waals surface area contributed by atoms with Crippen LogP contribution in [-0.2, 0) is 9.59 Å². The predicted octanol–water partition coefficient (Wildman–Crippen LogP) is 1.21. The Kier molecular flexibility index (Phi) is 4.51. The summed E-state index contributed by atoms with van der Waals surface area (Å²) in [7, 11) is 0. The maximum Gasteiger partial charge on any atom is 0.327 e. The molecule has 0 spiro atoms. The summed E-state index contributed by atoms with van der Waals surface area (Å²) in [6, 6.07) is -0.998. The van der Waals surface area contributed by atoms with Gasteiger partial charge in [0.05, 0.1) is 11.3 Å². The van der Waals surface area contributed by atoms with Gasteiger partial charge >= 0.3 is 17.6 Å². The highest BCUT2D eigenvalue weighted by Gasteiger charge is 2.27. The lowest BCUT2D eigenvalue weighted by molar-refractivity contribution is -0.386. The highest BCUT2D eigenvalue weighted by atomic mass is 19.1. The molecule has 1 atom stereocenters. The SMILES string of the molecule is O=C(O)CC(Nc1cc(F)cc(F)c1[N+](=O)[O-])C(=O)O. The van der Waals surface area contributed by atoms with Crippen LogP contribution >= 0.6 is 0 Å². The summed E-state index contributed by atoms with van der Waals surface area (Å²) in [5, 5.41) is 29.9. The summed E-state index contributed by atoms with van der Waals surface area (Å²) >= 11 is 0. The van der Waals surface area contributed by atoms with Crippen LogP contribution in [-0.4, -0.2) is 33.1 Å². The van der Waals surface area contributed by atoms with E-state index in [1.54, 1.807) is 0 Å². The van der Waals surface area contributed by atoms with Crippen molar-refractivity contribution in [2.24, 2.45) is 0 Å². The molecule has 0 bridgehead atoms. The van der Waals surface area contributed by atoms with Crippen molar-refractivity contribution in [1.82, 2.24) is 0 Å². The monoisotopic (exact) mass is 290 g/mol. The third-order valence-electron chi connectivity index (χ3n) is 2.22. The van der Waals surface area contributed by atoms with Crippen LogP contribution in [0, 0.1) is 21.7 Å². The molecule has 1 aromatic rings. The van der Waals surface area contributed by atoms with Gasteiger partial charge in [-0.1, -0.05) is 0 Å². The number of benzene rings is 1. The molecule has 0 fully saturated rings. The maximum atomic E-state index is 13.3. The van der Waals surface area contributed by atoms with E-state index in [1.807, 2.05) is 5.32 Å². The summed E-state index contributed by atoms with van der Waals surface area (Å²) < 4.78 is 26.3. The summed E-state index contributed by atoms with van der Waals surface area (Å²) in [5.74, 6) is -5.80. The predicted molar refractivity (Wildman–Crippen MR) is 60.3 cm³/mol. The van der Waals surface area contributed by atoms with E-state index in [9.17, 15) is 28.5 Å². The largest absolute Gasteiger partial charge is 0.481 e. The average Bonchev–Trinajstić information content (AvgIpc) is 2.25. The second kappa shape index (κ2) is 5.91. The number of carboxylic acids is 2. The highest BCUT2D eigenvalue weighted by Crippen LogP contribution is 2.29. The second-order valence-corrected chi connectivity index (χ2v) is 3.67. The van der Waals surface area contributed by atoms with Crippen molar-refractivity contribution in [2.75, 3.05) is 5.32 Å². The molecule has 3 N–H and O–H groups in total. The molecule has 0 aromatic heterocycles. The first-order valence-corrected chi connectivity index (χ1v) is 5.07. The standard InChI is InChI=1S/C10H8F2N2O6/c11-4-1-5(12)9(14(19)20)6(2-4)13-7(10(17)18)3-8(15)16/h1-2,7,13H,3H2,(H,15,16)(H,17,18). The highest BCUT2D eigenvalue weighted by molar-refractivity contribution is 5.84. The van der Waals surface area contributed by atoms with E-state index in [1.165, 1.54) is 0 Å². The lowest BCUT2D eigenvalue weighted by atomic mass is 10.1. The Hall–Kier alpha value is -2.78. The third-order valence-corrected chi connectivity index (χ3v) is 2.22. The van der Waals surface area contributed by atoms with Crippen LogP contribution in [0.2, 0.25) is 0 Å². The first kappa shape index (κ1) is 15.3. The van der Waals surface area contributed by atoms with Gasteiger partial charge in [0.2, 0.25) is 5.82 Å². The Labute approximate surface area is 109 Å². The molecule has 0 aliphatic carbocycles. The maximum absolute atomic E-state index is 13.3. The molecule has 1 unspecified atom stereocenters. The number of rotatable bonds is 6. The fourth-order valence-electron chi connectivity index (χ4n) is 1.42. The van der Waals surface area contributed by atoms with E-state index in [0.29, 0.717) is 6.07 Å². The van der Waals surface area contributed by atoms with Gasteiger partial charge in [-0.15, -0.1) is 0 Å². The van der Waals surface area contributed by atoms with Crippen LogP contribution in [0.5, 0.6) is 0 Å². The minimum absolute atomic E-state index is 0.260. The van der Waals surface area contributed by atoms with Gasteiger partial charge in [-0.05, 0) is 0 Å². The van der Waals surface area contributed by atoms with Crippen LogP contribution in [0.15, 0.2) is 12.1 Å². The minimum Gasteiger partial charge on any atom is -0.481 e. The Balaban J connectivity index is 3.21. The molecule has 0 heterocycles. The van der Waals surface area contributed by atoms with Crippen LogP contribution in [0.1, 0.15) is 6.42 Å². The van der Waals surface area contributed by atoms with Gasteiger partial charge in [-0.25, -0.2) is 9.18 Å². The first-order valence-electron chi connectivity index (χ1n) is 5.07. The number of nitro groups is 1. The smallest absolute Gasteiger partial charge is 0.327 e. The number of aliphatic carboxylic acids is 2. The Bertz CT molecular complexity index is 577. The first-order chi connectivity index (χ1) is 9.22. The van der Waals surface area contributed by atoms with Crippen molar-refractivity contribution >= 4 is 23.3 Å². The lowest BCUT2D eigenvalue weighted by Gasteiger charge is -2.14. The molecule has 0 radical (unpaired) electrons. The summed E-state index contributed by atoms with van der Waals surface area (Å²) in [6.07, 6.45) is -0.926. The number of anilines is 1. The van der Waals surface area contributed by atoms with Crippen molar-refractivity contribution in [1.29, 1.82) is 0 Å². The van der Waals surface area contributed by atoms with Crippen LogP contribution in [0.25, 0.3) is 0 Å². The molecule has 0 saturated carbocycles. The molecule has 20 heavy (non-hydrogen) atoms. The van der Waals surface area contributed by atoms with Crippen molar-refractivity contribution < 1.29 is 33.5 Å². The zero-order valence-electron chi connectivity index (χ0n) is 9.67. The topological polar surface area (TPSA) is 130 Å². The zero-order chi connectivity index (χ0) is 15.4. The molecule has 0 saturated heterocycles. The van der Waals surface area contributed by atoms with Crippen molar-refractivity contribution in [3.8, 4) is 0 Å². The fourth-order valence-corrected chi connectivity index (χ4v) is 1.42. The van der Waals surface area contributed by atoms with Gasteiger partial charge in [-0.3, -0.25) is 14.9 Å². The number of nitrogens with one attached hydrogen (secondary N) is 1. The quantitative estimate of drug-likeness (QED) is 0.530. The van der Waals surface area contributed by atoms with Gasteiger partial charge in [0, 0.05) is 12.1 Å². The van der Waals surface area contributed by atoms with E-state index >= 15 is 0 Å². The van der Waals surface area contributed by atoms with Gasteiger partial charge in [0.25, 0.3) is 0 Å². The molecular weight excluding hydrogens is 282 g/mol. The van der Waals surface area contributed by atoms with Gasteiger partial charge in [0.1, 0.15) is 17.5 Å². The molecule has 1 aromatic carbocycles. The zero-order valence-corrected chi connectivity index (χ0v) is 9.67. The van der Waals surface area contributed by atoms with E-state index in [2.05, 4.69) is 0 Å². The molecule has 0 aliphatic heterocycles. The Morgan fingerprint density at radius 2 is 1.95 bits per heavy atom. The summed E-state index contributed by atoms with van der Waals surface area (Å²) in [6.45, 7) is 0. The molecule has 8 nitrogen and oxygen atoms in total. The fraction of sp³-hybridized carbons (Fsp3) is 0.200. The van der Waals surface area contributed by atoms with Crippen LogP contribution in [0.4, 0.5) is 20.2 Å². The third kappa shape index (κ3) is 3.60. The van der Waals surface area contributed by atoms with Gasteiger partial charge in [-0.2, -0.15) is 4.39 Å². The molecule has 1 rings (SSSR count). The minimum atomic E-state index is -1.77. The molecule has 108 valence electrons. The van der Waals surface area contributed by atoms with Crippen LogP contribution in [0.3, 0.4) is 0 Å². The second-order valence-electron chi connectivity index (χ2n) is 3.67. The number of halogens is 2. The van der Waals surface area contributed by atoms with Crippen LogP contribution < -0.4 is 5.32 Å². The molecule has 10 heteroatoms. The van der Waals surface area contributed by atoms with E-state index in [0.717, 1.165) is 0 Å². The molecule has 0 amide bonds. The van der Waals surface area contributed by atoms with Gasteiger partial charge < -0.3 is 15.5 Å². The molecule has 0 aliphatic rings. The summed E-state index contributed by atoms with van der Waals surface area (Å²) in [5.41, 5.74) is -1.91. The number of hydrogen-bond donors (Lipinski definition) is 3. The number of nitrogens with zero attached hydrogens (tertiary/aromatic N) is 1. The van der Waals surface area contributed by atoms with Crippen molar-refractivity contribution in [2.45, 2.75) is 12.5 Å². The van der Waals surface area contributed by atoms with E-state index in [4.69, 9.17) is 10.2 Å². The summed E-state index contributed by atoms with van der Waals surface area (Å²) in [4.78, 5) is 30.8.